The maximum Gasteiger partial charge on any atom is 0.0212 e. The average molecular weight is 223 g/mol. The fourth-order valence-corrected chi connectivity index (χ4v) is 2.51. The van der Waals surface area contributed by atoms with E-state index in [0.717, 1.165) is 13.1 Å². The summed E-state index contributed by atoms with van der Waals surface area (Å²) < 4.78 is 0. The summed E-state index contributed by atoms with van der Waals surface area (Å²) in [5.41, 5.74) is 8.27. The smallest absolute Gasteiger partial charge is 0.0212 e. The minimum Gasteiger partial charge on any atom is -0.309 e. The van der Waals surface area contributed by atoms with E-state index in [1.165, 1.54) is 33.4 Å². The highest BCUT2D eigenvalue weighted by Crippen LogP contribution is 2.28. The quantitative estimate of drug-likeness (QED) is 0.779. The van der Waals surface area contributed by atoms with Crippen LogP contribution in [-0.4, -0.2) is 0 Å². The van der Waals surface area contributed by atoms with Crippen LogP contribution in [0, 0.1) is 13.8 Å². The molecule has 3 rings (SSSR count). The third kappa shape index (κ3) is 1.87. The SMILES string of the molecule is Cc1ccc(C)c(-c2ccc3c(c2)CNC3)c1. The molecule has 1 N–H and O–H groups in total. The second-order valence-electron chi connectivity index (χ2n) is 4.91. The highest BCUT2D eigenvalue weighted by molar-refractivity contribution is 5.69. The van der Waals surface area contributed by atoms with Crippen molar-refractivity contribution >= 4 is 0 Å². The van der Waals surface area contributed by atoms with E-state index in [1.54, 1.807) is 0 Å². The maximum atomic E-state index is 3.39. The molecular weight excluding hydrogens is 206 g/mol. The number of hydrogen-bond acceptors (Lipinski definition) is 1. The predicted molar refractivity (Wildman–Crippen MR) is 71.9 cm³/mol. The van der Waals surface area contributed by atoms with E-state index in [2.05, 4.69) is 55.6 Å². The van der Waals surface area contributed by atoms with Gasteiger partial charge < -0.3 is 5.32 Å². The monoisotopic (exact) mass is 223 g/mol. The molecule has 17 heavy (non-hydrogen) atoms. The molecule has 0 bridgehead atoms. The van der Waals surface area contributed by atoms with Crippen molar-refractivity contribution in [3.63, 3.8) is 0 Å². The number of nitrogens with one attached hydrogen (secondary N) is 1. The lowest BCUT2D eigenvalue weighted by atomic mass is 9.96. The predicted octanol–water partition coefficient (Wildman–Crippen LogP) is 3.57. The second-order valence-corrected chi connectivity index (χ2v) is 4.91. The molecule has 0 amide bonds. The van der Waals surface area contributed by atoms with Crippen LogP contribution in [-0.2, 0) is 13.1 Å². The lowest BCUT2D eigenvalue weighted by molar-refractivity contribution is 0.765. The summed E-state index contributed by atoms with van der Waals surface area (Å²) in [6.07, 6.45) is 0. The van der Waals surface area contributed by atoms with E-state index in [1.807, 2.05) is 0 Å². The molecule has 0 aromatic heterocycles. The van der Waals surface area contributed by atoms with Crippen LogP contribution in [0.2, 0.25) is 0 Å². The van der Waals surface area contributed by atoms with Crippen molar-refractivity contribution in [1.82, 2.24) is 5.32 Å². The lowest BCUT2D eigenvalue weighted by Gasteiger charge is -2.09. The third-order valence-corrected chi connectivity index (χ3v) is 3.54. The van der Waals surface area contributed by atoms with Crippen LogP contribution < -0.4 is 5.32 Å². The molecule has 0 spiro atoms. The first-order chi connectivity index (χ1) is 8.24. The molecule has 0 saturated carbocycles. The zero-order valence-corrected chi connectivity index (χ0v) is 10.4. The van der Waals surface area contributed by atoms with Gasteiger partial charge in [-0.2, -0.15) is 0 Å². The van der Waals surface area contributed by atoms with Crippen molar-refractivity contribution in [3.05, 3.63) is 58.7 Å². The van der Waals surface area contributed by atoms with Gasteiger partial charge in [0, 0.05) is 13.1 Å². The van der Waals surface area contributed by atoms with E-state index < -0.39 is 0 Å². The van der Waals surface area contributed by atoms with Gasteiger partial charge in [-0.1, -0.05) is 35.9 Å². The Labute approximate surface area is 102 Å². The van der Waals surface area contributed by atoms with Crippen LogP contribution in [0.5, 0.6) is 0 Å². The molecule has 1 aliphatic rings. The van der Waals surface area contributed by atoms with E-state index in [4.69, 9.17) is 0 Å². The fraction of sp³-hybridized carbons (Fsp3) is 0.250. The molecule has 1 heterocycles. The number of aryl methyl sites for hydroxylation is 2. The van der Waals surface area contributed by atoms with Gasteiger partial charge in [0.1, 0.15) is 0 Å². The summed E-state index contributed by atoms with van der Waals surface area (Å²) in [5.74, 6) is 0. The van der Waals surface area contributed by atoms with Crippen LogP contribution in [0.15, 0.2) is 36.4 Å². The van der Waals surface area contributed by atoms with Crippen molar-refractivity contribution in [3.8, 4) is 11.1 Å². The Bertz CT molecular complexity index is 570. The van der Waals surface area contributed by atoms with Crippen LogP contribution in [0.4, 0.5) is 0 Å². The topological polar surface area (TPSA) is 12.0 Å². The Kier molecular flexibility index (Phi) is 2.49. The number of benzene rings is 2. The average Bonchev–Trinajstić information content (AvgIpc) is 2.79. The van der Waals surface area contributed by atoms with E-state index in [-0.39, 0.29) is 0 Å². The second kappa shape index (κ2) is 4.01. The Hall–Kier alpha value is -1.60. The molecule has 2 aromatic rings. The van der Waals surface area contributed by atoms with Crippen LogP contribution in [0.1, 0.15) is 22.3 Å². The molecule has 1 heteroatoms. The Morgan fingerprint density at radius 2 is 1.71 bits per heavy atom. The van der Waals surface area contributed by atoms with Gasteiger partial charge in [0.15, 0.2) is 0 Å². The largest absolute Gasteiger partial charge is 0.309 e. The summed E-state index contributed by atoms with van der Waals surface area (Å²) in [6.45, 7) is 6.36. The van der Waals surface area contributed by atoms with Gasteiger partial charge in [-0.3, -0.25) is 0 Å². The molecule has 0 atom stereocenters. The first-order valence-corrected chi connectivity index (χ1v) is 6.14. The molecule has 0 aliphatic carbocycles. The molecule has 0 unspecified atom stereocenters. The fourth-order valence-electron chi connectivity index (χ4n) is 2.51. The van der Waals surface area contributed by atoms with Crippen LogP contribution in [0.25, 0.3) is 11.1 Å². The minimum absolute atomic E-state index is 1.01. The van der Waals surface area contributed by atoms with E-state index in [0.29, 0.717) is 0 Å². The highest BCUT2D eigenvalue weighted by atomic mass is 14.9. The van der Waals surface area contributed by atoms with Gasteiger partial charge in [0.05, 0.1) is 0 Å². The van der Waals surface area contributed by atoms with Crippen LogP contribution in [0.3, 0.4) is 0 Å². The Morgan fingerprint density at radius 3 is 2.59 bits per heavy atom. The zero-order valence-electron chi connectivity index (χ0n) is 10.4. The zero-order chi connectivity index (χ0) is 11.8. The first kappa shape index (κ1) is 10.5. The molecule has 0 radical (unpaired) electrons. The molecule has 86 valence electrons. The van der Waals surface area contributed by atoms with Crippen LogP contribution >= 0.6 is 0 Å². The standard InChI is InChI=1S/C16H17N/c1-11-3-4-12(2)16(7-11)13-5-6-14-9-17-10-15(14)8-13/h3-8,17H,9-10H2,1-2H3. The van der Waals surface area contributed by atoms with Gasteiger partial charge in [-0.15, -0.1) is 0 Å². The molecular formula is C16H17N. The van der Waals surface area contributed by atoms with Gasteiger partial charge >= 0.3 is 0 Å². The number of fused-ring (bicyclic) bond motifs is 1. The normalized spacial score (nSPS) is 13.8. The Balaban J connectivity index is 2.12. The third-order valence-electron chi connectivity index (χ3n) is 3.54. The van der Waals surface area contributed by atoms with Gasteiger partial charge in [0.2, 0.25) is 0 Å². The summed E-state index contributed by atoms with van der Waals surface area (Å²) in [6, 6.07) is 13.5. The highest BCUT2D eigenvalue weighted by Gasteiger charge is 2.11. The molecule has 0 fully saturated rings. The first-order valence-electron chi connectivity index (χ1n) is 6.14. The van der Waals surface area contributed by atoms with Crippen molar-refractivity contribution in [1.29, 1.82) is 0 Å². The van der Waals surface area contributed by atoms with Crippen molar-refractivity contribution in [2.24, 2.45) is 0 Å². The van der Waals surface area contributed by atoms with Crippen molar-refractivity contribution in [2.45, 2.75) is 26.9 Å². The van der Waals surface area contributed by atoms with E-state index >= 15 is 0 Å². The van der Waals surface area contributed by atoms with Gasteiger partial charge in [-0.05, 0) is 47.7 Å². The van der Waals surface area contributed by atoms with E-state index in [9.17, 15) is 0 Å². The summed E-state index contributed by atoms with van der Waals surface area (Å²) >= 11 is 0. The van der Waals surface area contributed by atoms with Crippen molar-refractivity contribution < 1.29 is 0 Å². The maximum absolute atomic E-state index is 3.39. The molecule has 1 aliphatic heterocycles. The summed E-state index contributed by atoms with van der Waals surface area (Å²) in [4.78, 5) is 0. The van der Waals surface area contributed by atoms with Gasteiger partial charge in [-0.25, -0.2) is 0 Å². The molecule has 0 saturated heterocycles. The summed E-state index contributed by atoms with van der Waals surface area (Å²) in [7, 11) is 0. The lowest BCUT2D eigenvalue weighted by Crippen LogP contribution is -1.99. The number of rotatable bonds is 1. The van der Waals surface area contributed by atoms with Crippen molar-refractivity contribution in [2.75, 3.05) is 0 Å². The summed E-state index contributed by atoms with van der Waals surface area (Å²) in [5, 5.41) is 3.39. The minimum atomic E-state index is 1.01. The molecule has 1 nitrogen and oxygen atoms in total. The number of hydrogen-bond donors (Lipinski definition) is 1. The van der Waals surface area contributed by atoms with Gasteiger partial charge in [0.25, 0.3) is 0 Å². The Morgan fingerprint density at radius 1 is 0.882 bits per heavy atom. The molecule has 2 aromatic carbocycles.